The summed E-state index contributed by atoms with van der Waals surface area (Å²) in [4.78, 5) is 0. The van der Waals surface area contributed by atoms with Gasteiger partial charge in [0.05, 0.1) is 12.5 Å². The molecule has 1 aliphatic rings. The van der Waals surface area contributed by atoms with Crippen LogP contribution in [0.5, 0.6) is 0 Å². The Balaban J connectivity index is 0. The van der Waals surface area contributed by atoms with Gasteiger partial charge in [-0.05, 0) is 12.1 Å². The summed E-state index contributed by atoms with van der Waals surface area (Å²) in [5, 5.41) is 6.44. The van der Waals surface area contributed by atoms with E-state index in [4.69, 9.17) is 0 Å². The Hall–Kier alpha value is -0.800. The van der Waals surface area contributed by atoms with E-state index in [0.29, 0.717) is 0 Å². The number of rotatable bonds is 0. The van der Waals surface area contributed by atoms with Gasteiger partial charge in [-0.25, -0.2) is 0 Å². The Labute approximate surface area is 69.8 Å². The second-order valence-corrected chi connectivity index (χ2v) is 2.29. The molecule has 2 rings (SSSR count). The van der Waals surface area contributed by atoms with Gasteiger partial charge >= 0.3 is 0 Å². The number of furan rings is 1. The normalized spacial score (nSPS) is 16.7. The summed E-state index contributed by atoms with van der Waals surface area (Å²) < 4.78 is 4.58. The molecule has 1 saturated heterocycles. The van der Waals surface area contributed by atoms with Crippen LogP contribution in [0.4, 0.5) is 0 Å². The lowest BCUT2D eigenvalue weighted by atomic mass is 10.4. The van der Waals surface area contributed by atoms with Crippen molar-refractivity contribution in [3.8, 4) is 0 Å². The molecule has 0 aliphatic carbocycles. The molecule has 1 fully saturated rings. The lowest BCUT2D eigenvalue weighted by Gasteiger charge is -2.11. The number of hydrogen-bond donors (Lipinski definition) is 2. The molecule has 66 valence electrons. The van der Waals surface area contributed by atoms with Crippen molar-refractivity contribution in [2.24, 2.45) is 0 Å². The molecule has 0 spiro atoms. The highest BCUT2D eigenvalue weighted by molar-refractivity contribution is 4.79. The standard InChI is InChI=1S/C4H10N2.C4H4O.2H2/c1-2-6-4-3-5-1;1-2-4-5-3-1;;/h5-6H,1-4H2;1-4H;2*1H. The molecule has 1 aliphatic heterocycles. The van der Waals surface area contributed by atoms with E-state index in [1.54, 1.807) is 12.5 Å². The Kier molecular flexibility index (Phi) is 4.49. The first-order valence-corrected chi connectivity index (χ1v) is 3.89. The number of piperazine rings is 1. The van der Waals surface area contributed by atoms with Gasteiger partial charge in [0, 0.05) is 29.0 Å². The predicted octanol–water partition coefficient (Wildman–Crippen LogP) is 0.951. The first kappa shape index (κ1) is 8.30. The molecule has 2 N–H and O–H groups in total. The van der Waals surface area contributed by atoms with Crippen molar-refractivity contribution in [2.75, 3.05) is 26.2 Å². The van der Waals surface area contributed by atoms with Crippen molar-refractivity contribution in [3.05, 3.63) is 24.7 Å². The van der Waals surface area contributed by atoms with E-state index in [2.05, 4.69) is 15.1 Å². The molecule has 0 saturated carbocycles. The zero-order chi connectivity index (χ0) is 7.78. The van der Waals surface area contributed by atoms with Crippen molar-refractivity contribution in [1.82, 2.24) is 10.6 Å². The maximum Gasteiger partial charge on any atom is 0.0902 e. The molecule has 0 radical (unpaired) electrons. The van der Waals surface area contributed by atoms with E-state index in [0.717, 1.165) is 26.2 Å². The summed E-state index contributed by atoms with van der Waals surface area (Å²) in [5.74, 6) is 0. The lowest BCUT2D eigenvalue weighted by molar-refractivity contribution is 0.534. The van der Waals surface area contributed by atoms with Gasteiger partial charge in [0.25, 0.3) is 0 Å². The zero-order valence-corrected chi connectivity index (χ0v) is 6.55. The largest absolute Gasteiger partial charge is 0.473 e. The smallest absolute Gasteiger partial charge is 0.0902 e. The molecule has 1 aromatic rings. The van der Waals surface area contributed by atoms with Crippen molar-refractivity contribution in [3.63, 3.8) is 0 Å². The fourth-order valence-corrected chi connectivity index (χ4v) is 0.830. The minimum atomic E-state index is 0. The fourth-order valence-electron chi connectivity index (χ4n) is 0.830. The van der Waals surface area contributed by atoms with Gasteiger partial charge in [-0.1, -0.05) is 0 Å². The Morgan fingerprint density at radius 1 is 0.909 bits per heavy atom. The number of hydrogen-bond acceptors (Lipinski definition) is 3. The molecular weight excluding hydrogens is 140 g/mol. The zero-order valence-electron chi connectivity index (χ0n) is 6.55. The Bertz CT molecular complexity index is 126. The molecule has 0 bridgehead atoms. The van der Waals surface area contributed by atoms with Crippen LogP contribution in [-0.4, -0.2) is 26.2 Å². The monoisotopic (exact) mass is 158 g/mol. The van der Waals surface area contributed by atoms with Gasteiger partial charge in [0.15, 0.2) is 0 Å². The molecule has 2 heterocycles. The third-order valence-electron chi connectivity index (χ3n) is 1.38. The van der Waals surface area contributed by atoms with Crippen LogP contribution in [0.1, 0.15) is 2.85 Å². The Morgan fingerprint density at radius 2 is 1.36 bits per heavy atom. The highest BCUT2D eigenvalue weighted by Gasteiger charge is 1.91. The average molecular weight is 158 g/mol. The van der Waals surface area contributed by atoms with Gasteiger partial charge in [-0.3, -0.25) is 0 Å². The van der Waals surface area contributed by atoms with E-state index < -0.39 is 0 Å². The predicted molar refractivity (Wildman–Crippen MR) is 48.7 cm³/mol. The third kappa shape index (κ3) is 4.58. The van der Waals surface area contributed by atoms with Crippen molar-refractivity contribution < 1.29 is 7.27 Å². The minimum Gasteiger partial charge on any atom is -0.473 e. The molecule has 3 nitrogen and oxygen atoms in total. The minimum absolute atomic E-state index is 0. The molecule has 11 heavy (non-hydrogen) atoms. The highest BCUT2D eigenvalue weighted by Crippen LogP contribution is 1.79. The van der Waals surface area contributed by atoms with E-state index in [-0.39, 0.29) is 2.85 Å². The molecular formula is C8H18N2O. The maximum absolute atomic E-state index is 4.58. The fraction of sp³-hybridized carbons (Fsp3) is 0.500. The van der Waals surface area contributed by atoms with Crippen LogP contribution >= 0.6 is 0 Å². The SMILES string of the molecule is C1CNCCN1.[HH].[HH].c1ccoc1. The second kappa shape index (κ2) is 5.95. The first-order valence-electron chi connectivity index (χ1n) is 3.89. The summed E-state index contributed by atoms with van der Waals surface area (Å²) >= 11 is 0. The van der Waals surface area contributed by atoms with Gasteiger partial charge in [0.2, 0.25) is 0 Å². The molecule has 0 aromatic carbocycles. The topological polar surface area (TPSA) is 37.2 Å². The van der Waals surface area contributed by atoms with Gasteiger partial charge < -0.3 is 15.1 Å². The third-order valence-corrected chi connectivity index (χ3v) is 1.38. The van der Waals surface area contributed by atoms with E-state index in [1.165, 1.54) is 0 Å². The van der Waals surface area contributed by atoms with Crippen molar-refractivity contribution in [1.29, 1.82) is 0 Å². The van der Waals surface area contributed by atoms with Crippen LogP contribution in [0.2, 0.25) is 0 Å². The van der Waals surface area contributed by atoms with Crippen LogP contribution in [0, 0.1) is 0 Å². The maximum atomic E-state index is 4.58. The summed E-state index contributed by atoms with van der Waals surface area (Å²) in [7, 11) is 0. The lowest BCUT2D eigenvalue weighted by Crippen LogP contribution is -2.39. The van der Waals surface area contributed by atoms with Crippen LogP contribution in [0.3, 0.4) is 0 Å². The van der Waals surface area contributed by atoms with Gasteiger partial charge in [0.1, 0.15) is 0 Å². The quantitative estimate of drug-likeness (QED) is 0.590. The number of nitrogens with one attached hydrogen (secondary N) is 2. The van der Waals surface area contributed by atoms with Crippen LogP contribution < -0.4 is 10.6 Å². The van der Waals surface area contributed by atoms with Crippen LogP contribution in [0.15, 0.2) is 29.1 Å². The first-order chi connectivity index (χ1) is 5.50. The molecule has 0 atom stereocenters. The van der Waals surface area contributed by atoms with Crippen molar-refractivity contribution in [2.45, 2.75) is 0 Å². The van der Waals surface area contributed by atoms with E-state index in [9.17, 15) is 0 Å². The summed E-state index contributed by atoms with van der Waals surface area (Å²) in [6.07, 6.45) is 3.25. The van der Waals surface area contributed by atoms with Crippen LogP contribution in [-0.2, 0) is 0 Å². The van der Waals surface area contributed by atoms with E-state index >= 15 is 0 Å². The summed E-state index contributed by atoms with van der Waals surface area (Å²) in [6, 6.07) is 3.67. The molecule has 1 aromatic heterocycles. The van der Waals surface area contributed by atoms with Gasteiger partial charge in [-0.15, -0.1) is 0 Å². The highest BCUT2D eigenvalue weighted by atomic mass is 16.3. The second-order valence-electron chi connectivity index (χ2n) is 2.29. The Morgan fingerprint density at radius 3 is 1.55 bits per heavy atom. The molecule has 0 unspecified atom stereocenters. The molecule has 0 amide bonds. The van der Waals surface area contributed by atoms with Crippen LogP contribution in [0.25, 0.3) is 0 Å². The summed E-state index contributed by atoms with van der Waals surface area (Å²) in [5.41, 5.74) is 0. The van der Waals surface area contributed by atoms with Gasteiger partial charge in [-0.2, -0.15) is 0 Å². The summed E-state index contributed by atoms with van der Waals surface area (Å²) in [6.45, 7) is 4.56. The average Bonchev–Trinajstić information content (AvgIpc) is 2.64. The van der Waals surface area contributed by atoms with E-state index in [1.807, 2.05) is 12.1 Å². The molecule has 3 heteroatoms. The van der Waals surface area contributed by atoms with Crippen molar-refractivity contribution >= 4 is 0 Å².